The molecule has 1 aliphatic heterocycles. The van der Waals surface area contributed by atoms with Crippen molar-refractivity contribution in [2.24, 2.45) is 0 Å². The number of ether oxygens (including phenoxy) is 2. The van der Waals surface area contributed by atoms with Gasteiger partial charge < -0.3 is 15.2 Å². The number of nitrogen functional groups attached to an aromatic ring is 1. The van der Waals surface area contributed by atoms with Crippen LogP contribution in [0.4, 0.5) is 5.82 Å². The van der Waals surface area contributed by atoms with Crippen molar-refractivity contribution in [1.29, 1.82) is 0 Å². The molecule has 1 aromatic rings. The van der Waals surface area contributed by atoms with Crippen molar-refractivity contribution in [2.75, 3.05) is 18.9 Å². The van der Waals surface area contributed by atoms with Crippen LogP contribution < -0.4 is 5.73 Å². The van der Waals surface area contributed by atoms with Crippen molar-refractivity contribution >= 4 is 15.8 Å². The van der Waals surface area contributed by atoms with Crippen molar-refractivity contribution in [3.63, 3.8) is 0 Å². The molecule has 1 unspecified atom stereocenters. The van der Waals surface area contributed by atoms with Gasteiger partial charge in [0.15, 0.2) is 0 Å². The van der Waals surface area contributed by atoms with E-state index in [1.165, 1.54) is 12.3 Å². The molecule has 0 saturated carbocycles. The lowest BCUT2D eigenvalue weighted by Gasteiger charge is -2.30. The summed E-state index contributed by atoms with van der Waals surface area (Å²) < 4.78 is 36.8. The number of rotatable bonds is 4. The highest BCUT2D eigenvalue weighted by atomic mass is 32.2. The number of allylic oxidation sites excluding steroid dienone is 2. The molecule has 8 heteroatoms. The molecule has 0 amide bonds. The average Bonchev–Trinajstić information content (AvgIpc) is 2.95. The molecule has 1 aliphatic carbocycles. The van der Waals surface area contributed by atoms with Crippen molar-refractivity contribution < 1.29 is 17.9 Å². The predicted octanol–water partition coefficient (Wildman–Crippen LogP) is 1.44. The molecule has 126 valence electrons. The topological polar surface area (TPSA) is 96.4 Å². The minimum Gasteiger partial charge on any atom is -0.491 e. The number of aromatic nitrogens is 2. The number of nitrogens with two attached hydrogens (primary N) is 1. The number of hydrogen-bond acceptors (Lipinski definition) is 6. The maximum absolute atomic E-state index is 12.9. The van der Waals surface area contributed by atoms with E-state index in [-0.39, 0.29) is 11.9 Å². The maximum atomic E-state index is 12.9. The summed E-state index contributed by atoms with van der Waals surface area (Å²) in [4.78, 5) is 0. The van der Waals surface area contributed by atoms with E-state index in [1.807, 2.05) is 12.2 Å². The third kappa shape index (κ3) is 3.13. The minimum absolute atomic E-state index is 0.0602. The molecule has 0 radical (unpaired) electrons. The van der Waals surface area contributed by atoms with Crippen LogP contribution >= 0.6 is 0 Å². The summed E-state index contributed by atoms with van der Waals surface area (Å²) in [6, 6.07) is 1.46. The lowest BCUT2D eigenvalue weighted by atomic mass is 10.0. The van der Waals surface area contributed by atoms with Crippen molar-refractivity contribution in [2.45, 2.75) is 37.0 Å². The summed E-state index contributed by atoms with van der Waals surface area (Å²) in [7, 11) is -3.72. The van der Waals surface area contributed by atoms with Gasteiger partial charge in [0, 0.05) is 25.1 Å². The SMILES string of the molecule is CC1(S(=O)(=O)n2ccc(N)n2)C=C(OC2CCOCC2)C=CC1. The largest absolute Gasteiger partial charge is 0.491 e. The van der Waals surface area contributed by atoms with Crippen LogP contribution in [0.15, 0.2) is 36.3 Å². The quantitative estimate of drug-likeness (QED) is 0.891. The van der Waals surface area contributed by atoms with Gasteiger partial charge in [-0.1, -0.05) is 6.08 Å². The summed E-state index contributed by atoms with van der Waals surface area (Å²) in [5, 5.41) is 3.84. The van der Waals surface area contributed by atoms with E-state index in [4.69, 9.17) is 15.2 Å². The molecule has 2 heterocycles. The minimum atomic E-state index is -3.72. The lowest BCUT2D eigenvalue weighted by Crippen LogP contribution is -2.39. The molecule has 7 nitrogen and oxygen atoms in total. The number of nitrogens with zero attached hydrogens (tertiary/aromatic N) is 2. The van der Waals surface area contributed by atoms with Gasteiger partial charge >= 0.3 is 0 Å². The fraction of sp³-hybridized carbons (Fsp3) is 0.533. The molecular weight excluding hydrogens is 318 g/mol. The van der Waals surface area contributed by atoms with Crippen LogP contribution in [0.25, 0.3) is 0 Å². The van der Waals surface area contributed by atoms with Gasteiger partial charge in [0.1, 0.15) is 22.4 Å². The van der Waals surface area contributed by atoms with Crippen molar-refractivity contribution in [3.05, 3.63) is 36.3 Å². The monoisotopic (exact) mass is 339 g/mol. The molecule has 2 aliphatic rings. The molecule has 1 aromatic heterocycles. The first-order valence-corrected chi connectivity index (χ1v) is 9.05. The highest BCUT2D eigenvalue weighted by Gasteiger charge is 2.40. The van der Waals surface area contributed by atoms with Crippen LogP contribution in [0, 0.1) is 0 Å². The standard InChI is InChI=1S/C15H21N3O4S/c1-15(23(19,20)18-8-4-14(16)17-18)7-2-3-13(11-15)22-12-5-9-21-10-6-12/h2-4,8,11-12H,5-7,9-10H2,1H3,(H2,16,17). The van der Waals surface area contributed by atoms with Crippen LogP contribution in [0.1, 0.15) is 26.2 Å². The Balaban J connectivity index is 1.84. The second-order valence-corrected chi connectivity index (χ2v) is 8.27. The molecular formula is C15H21N3O4S. The fourth-order valence-corrected chi connectivity index (χ4v) is 4.15. The third-order valence-corrected chi connectivity index (χ3v) is 6.31. The van der Waals surface area contributed by atoms with Crippen LogP contribution in [-0.2, 0) is 19.5 Å². The van der Waals surface area contributed by atoms with Gasteiger partial charge in [-0.25, -0.2) is 8.42 Å². The van der Waals surface area contributed by atoms with E-state index in [0.29, 0.717) is 25.4 Å². The summed E-state index contributed by atoms with van der Waals surface area (Å²) in [6.45, 7) is 3.00. The van der Waals surface area contributed by atoms with Gasteiger partial charge in [-0.2, -0.15) is 4.09 Å². The van der Waals surface area contributed by atoms with E-state index in [1.54, 1.807) is 13.0 Å². The second kappa shape index (κ2) is 6.01. The zero-order chi connectivity index (χ0) is 16.5. The van der Waals surface area contributed by atoms with E-state index >= 15 is 0 Å². The summed E-state index contributed by atoms with van der Waals surface area (Å²) >= 11 is 0. The number of hydrogen-bond donors (Lipinski definition) is 1. The molecule has 0 aromatic carbocycles. The van der Waals surface area contributed by atoms with Crippen LogP contribution in [-0.4, -0.2) is 41.7 Å². The Morgan fingerprint density at radius 3 is 2.83 bits per heavy atom. The summed E-state index contributed by atoms with van der Waals surface area (Å²) in [5.74, 6) is 0.750. The normalized spacial score (nSPS) is 26.0. The molecule has 3 rings (SSSR count). The zero-order valence-electron chi connectivity index (χ0n) is 13.0. The highest BCUT2D eigenvalue weighted by molar-refractivity contribution is 7.91. The smallest absolute Gasteiger partial charge is 0.263 e. The van der Waals surface area contributed by atoms with Crippen LogP contribution in [0.5, 0.6) is 0 Å². The highest BCUT2D eigenvalue weighted by Crippen LogP contribution is 2.32. The Bertz CT molecular complexity index is 732. The van der Waals surface area contributed by atoms with Gasteiger partial charge in [-0.3, -0.25) is 0 Å². The van der Waals surface area contributed by atoms with Gasteiger partial charge in [-0.05, 0) is 25.5 Å². The molecule has 2 N–H and O–H groups in total. The molecule has 0 spiro atoms. The van der Waals surface area contributed by atoms with E-state index in [9.17, 15) is 8.42 Å². The summed E-state index contributed by atoms with van der Waals surface area (Å²) in [5.41, 5.74) is 5.54. The Labute approximate surface area is 135 Å². The first-order valence-electron chi connectivity index (χ1n) is 7.61. The van der Waals surface area contributed by atoms with Crippen molar-refractivity contribution in [1.82, 2.24) is 9.19 Å². The zero-order valence-corrected chi connectivity index (χ0v) is 13.8. The Morgan fingerprint density at radius 1 is 1.43 bits per heavy atom. The molecule has 1 fully saturated rings. The van der Waals surface area contributed by atoms with E-state index in [2.05, 4.69) is 5.10 Å². The molecule has 1 saturated heterocycles. The van der Waals surface area contributed by atoms with Gasteiger partial charge in [0.2, 0.25) is 0 Å². The predicted molar refractivity (Wildman–Crippen MR) is 86.1 cm³/mol. The van der Waals surface area contributed by atoms with Crippen LogP contribution in [0.3, 0.4) is 0 Å². The average molecular weight is 339 g/mol. The van der Waals surface area contributed by atoms with E-state index in [0.717, 1.165) is 16.9 Å². The summed E-state index contributed by atoms with van der Waals surface area (Å²) in [6.07, 6.45) is 8.70. The van der Waals surface area contributed by atoms with E-state index < -0.39 is 14.8 Å². The van der Waals surface area contributed by atoms with Gasteiger partial charge in [-0.15, -0.1) is 5.10 Å². The second-order valence-electron chi connectivity index (χ2n) is 6.01. The lowest BCUT2D eigenvalue weighted by molar-refractivity contribution is -0.00126. The Morgan fingerprint density at radius 2 is 2.17 bits per heavy atom. The Kier molecular flexibility index (Phi) is 4.20. The first kappa shape index (κ1) is 16.1. The van der Waals surface area contributed by atoms with Crippen LogP contribution in [0.2, 0.25) is 0 Å². The Hall–Kier alpha value is -1.80. The maximum Gasteiger partial charge on any atom is 0.263 e. The third-order valence-electron chi connectivity index (χ3n) is 4.15. The molecule has 0 bridgehead atoms. The first-order chi connectivity index (χ1) is 10.9. The molecule has 23 heavy (non-hydrogen) atoms. The number of anilines is 1. The van der Waals surface area contributed by atoms with Gasteiger partial charge in [0.25, 0.3) is 10.0 Å². The molecule has 1 atom stereocenters. The fourth-order valence-electron chi connectivity index (χ4n) is 2.72. The van der Waals surface area contributed by atoms with Crippen molar-refractivity contribution in [3.8, 4) is 0 Å². The van der Waals surface area contributed by atoms with Gasteiger partial charge in [0.05, 0.1) is 13.2 Å².